The number of nitrogens with zero attached hydrogens (tertiary/aromatic N) is 3. The highest BCUT2D eigenvalue weighted by Gasteiger charge is 2.23. The molecule has 1 aliphatic heterocycles. The Bertz CT molecular complexity index is 690. The zero-order valence-electron chi connectivity index (χ0n) is 12.7. The molecule has 2 heterocycles. The van der Waals surface area contributed by atoms with Crippen molar-refractivity contribution in [2.75, 3.05) is 0 Å². The molecule has 1 aromatic heterocycles. The molecule has 0 radical (unpaired) electrons. The van der Waals surface area contributed by atoms with Gasteiger partial charge in [-0.2, -0.15) is 5.10 Å². The van der Waals surface area contributed by atoms with Gasteiger partial charge in [-0.05, 0) is 13.3 Å². The summed E-state index contributed by atoms with van der Waals surface area (Å²) in [5.74, 6) is 1.74. The van der Waals surface area contributed by atoms with Crippen molar-refractivity contribution in [2.24, 2.45) is 0 Å². The van der Waals surface area contributed by atoms with Gasteiger partial charge in [0.1, 0.15) is 5.82 Å². The molecule has 0 unspecified atom stereocenters. The SMILES string of the molecule is C=C(C)Cn1nc(-c2ccccc2)nc1C[C@H]1CCC(=O)N1. The zero-order valence-corrected chi connectivity index (χ0v) is 12.7. The molecule has 5 nitrogen and oxygen atoms in total. The van der Waals surface area contributed by atoms with E-state index in [0.717, 1.165) is 29.2 Å². The number of rotatable bonds is 5. The summed E-state index contributed by atoms with van der Waals surface area (Å²) in [6.45, 7) is 6.58. The first-order chi connectivity index (χ1) is 10.6. The summed E-state index contributed by atoms with van der Waals surface area (Å²) in [4.78, 5) is 16.0. The minimum absolute atomic E-state index is 0.124. The lowest BCUT2D eigenvalue weighted by Crippen LogP contribution is -2.28. The smallest absolute Gasteiger partial charge is 0.220 e. The second-order valence-corrected chi connectivity index (χ2v) is 5.84. The van der Waals surface area contributed by atoms with Gasteiger partial charge in [-0.1, -0.05) is 42.5 Å². The molecule has 5 heteroatoms. The largest absolute Gasteiger partial charge is 0.353 e. The van der Waals surface area contributed by atoms with E-state index in [4.69, 9.17) is 0 Å². The monoisotopic (exact) mass is 296 g/mol. The average Bonchev–Trinajstić information content (AvgIpc) is 3.07. The van der Waals surface area contributed by atoms with Crippen molar-refractivity contribution in [3.05, 3.63) is 48.3 Å². The van der Waals surface area contributed by atoms with Gasteiger partial charge < -0.3 is 5.32 Å². The van der Waals surface area contributed by atoms with Crippen molar-refractivity contribution in [3.8, 4) is 11.4 Å². The van der Waals surface area contributed by atoms with E-state index >= 15 is 0 Å². The number of benzene rings is 1. The Morgan fingerprint density at radius 2 is 2.18 bits per heavy atom. The van der Waals surface area contributed by atoms with E-state index in [1.54, 1.807) is 0 Å². The molecule has 0 spiro atoms. The lowest BCUT2D eigenvalue weighted by molar-refractivity contribution is -0.119. The summed E-state index contributed by atoms with van der Waals surface area (Å²) < 4.78 is 1.90. The highest BCUT2D eigenvalue weighted by molar-refractivity contribution is 5.78. The molecule has 1 amide bonds. The number of hydrogen-bond donors (Lipinski definition) is 1. The molecule has 1 saturated heterocycles. The van der Waals surface area contributed by atoms with E-state index < -0.39 is 0 Å². The van der Waals surface area contributed by atoms with Gasteiger partial charge in [0.2, 0.25) is 5.91 Å². The second-order valence-electron chi connectivity index (χ2n) is 5.84. The second kappa shape index (κ2) is 6.13. The molecule has 3 rings (SSSR count). The third-order valence-electron chi connectivity index (χ3n) is 3.71. The van der Waals surface area contributed by atoms with Gasteiger partial charge in [0, 0.05) is 24.4 Å². The molecular formula is C17H20N4O. The Kier molecular flexibility index (Phi) is 4.04. The highest BCUT2D eigenvalue weighted by Crippen LogP contribution is 2.18. The van der Waals surface area contributed by atoms with Gasteiger partial charge in [-0.3, -0.25) is 4.79 Å². The van der Waals surface area contributed by atoms with E-state index in [1.807, 2.05) is 41.9 Å². The van der Waals surface area contributed by atoms with Crippen LogP contribution in [0.5, 0.6) is 0 Å². The van der Waals surface area contributed by atoms with Gasteiger partial charge in [0.15, 0.2) is 5.82 Å². The van der Waals surface area contributed by atoms with Crippen LogP contribution in [0, 0.1) is 0 Å². The number of allylic oxidation sites excluding steroid dienone is 1. The lowest BCUT2D eigenvalue weighted by atomic mass is 10.1. The fourth-order valence-electron chi connectivity index (χ4n) is 2.67. The number of nitrogens with one attached hydrogen (secondary N) is 1. The van der Waals surface area contributed by atoms with Crippen molar-refractivity contribution in [3.63, 3.8) is 0 Å². The van der Waals surface area contributed by atoms with Gasteiger partial charge in [-0.25, -0.2) is 9.67 Å². The van der Waals surface area contributed by atoms with E-state index in [-0.39, 0.29) is 11.9 Å². The molecule has 22 heavy (non-hydrogen) atoms. The van der Waals surface area contributed by atoms with Crippen LogP contribution in [0.1, 0.15) is 25.6 Å². The molecule has 114 valence electrons. The maximum atomic E-state index is 11.4. The van der Waals surface area contributed by atoms with Crippen LogP contribution in [0.25, 0.3) is 11.4 Å². The van der Waals surface area contributed by atoms with Crippen LogP contribution in [0.2, 0.25) is 0 Å². The van der Waals surface area contributed by atoms with E-state index in [0.29, 0.717) is 19.4 Å². The average molecular weight is 296 g/mol. The Morgan fingerprint density at radius 1 is 1.41 bits per heavy atom. The quantitative estimate of drug-likeness (QED) is 0.862. The van der Waals surface area contributed by atoms with Crippen molar-refractivity contribution in [2.45, 2.75) is 38.8 Å². The molecule has 1 N–H and O–H groups in total. The minimum atomic E-state index is 0.124. The summed E-state index contributed by atoms with van der Waals surface area (Å²) >= 11 is 0. The summed E-state index contributed by atoms with van der Waals surface area (Å²) in [6.07, 6.45) is 2.17. The molecule has 1 atom stereocenters. The van der Waals surface area contributed by atoms with Gasteiger partial charge in [-0.15, -0.1) is 0 Å². The van der Waals surface area contributed by atoms with Crippen LogP contribution in [-0.2, 0) is 17.8 Å². The Hall–Kier alpha value is -2.43. The van der Waals surface area contributed by atoms with E-state index in [2.05, 4.69) is 22.0 Å². The fourth-order valence-corrected chi connectivity index (χ4v) is 2.67. The molecule has 1 aromatic carbocycles. The molecule has 1 fully saturated rings. The summed E-state index contributed by atoms with van der Waals surface area (Å²) in [5.41, 5.74) is 2.03. The number of carbonyl (C=O) groups excluding carboxylic acids is 1. The van der Waals surface area contributed by atoms with E-state index in [9.17, 15) is 4.79 Å². The summed E-state index contributed by atoms with van der Waals surface area (Å²) in [5, 5.41) is 7.60. The summed E-state index contributed by atoms with van der Waals surface area (Å²) in [6, 6.07) is 10.1. The Labute approximate surface area is 130 Å². The number of hydrogen-bond acceptors (Lipinski definition) is 3. The van der Waals surface area contributed by atoms with Crippen LogP contribution in [0.3, 0.4) is 0 Å². The van der Waals surface area contributed by atoms with Crippen LogP contribution in [0.15, 0.2) is 42.5 Å². The molecule has 0 saturated carbocycles. The molecule has 1 aliphatic rings. The third kappa shape index (κ3) is 3.24. The van der Waals surface area contributed by atoms with Crippen LogP contribution >= 0.6 is 0 Å². The first-order valence-corrected chi connectivity index (χ1v) is 7.54. The molecule has 0 bridgehead atoms. The Balaban J connectivity index is 1.87. The zero-order chi connectivity index (χ0) is 15.5. The van der Waals surface area contributed by atoms with Crippen LogP contribution in [-0.4, -0.2) is 26.7 Å². The third-order valence-corrected chi connectivity index (χ3v) is 3.71. The summed E-state index contributed by atoms with van der Waals surface area (Å²) in [7, 11) is 0. The first-order valence-electron chi connectivity index (χ1n) is 7.54. The van der Waals surface area contributed by atoms with Crippen molar-refractivity contribution in [1.82, 2.24) is 20.1 Å². The molecule has 2 aromatic rings. The minimum Gasteiger partial charge on any atom is -0.353 e. The first kappa shape index (κ1) is 14.5. The van der Waals surface area contributed by atoms with Gasteiger partial charge >= 0.3 is 0 Å². The van der Waals surface area contributed by atoms with Gasteiger partial charge in [0.05, 0.1) is 6.54 Å². The lowest BCUT2D eigenvalue weighted by Gasteiger charge is -2.10. The van der Waals surface area contributed by atoms with Crippen LogP contribution < -0.4 is 5.32 Å². The molecule has 0 aliphatic carbocycles. The van der Waals surface area contributed by atoms with E-state index in [1.165, 1.54) is 0 Å². The highest BCUT2D eigenvalue weighted by atomic mass is 16.1. The predicted molar refractivity (Wildman–Crippen MR) is 85.1 cm³/mol. The predicted octanol–water partition coefficient (Wildman–Crippen LogP) is 2.34. The maximum Gasteiger partial charge on any atom is 0.220 e. The standard InChI is InChI=1S/C17H20N4O/c1-12(2)11-21-15(10-14-8-9-16(22)18-14)19-17(20-21)13-6-4-3-5-7-13/h3-7,14H,1,8-11H2,2H3,(H,18,22)/t14-/m1/s1. The molecular weight excluding hydrogens is 276 g/mol. The van der Waals surface area contributed by atoms with Crippen molar-refractivity contribution < 1.29 is 4.79 Å². The fraction of sp³-hybridized carbons (Fsp3) is 0.353. The normalized spacial score (nSPS) is 17.5. The van der Waals surface area contributed by atoms with Crippen molar-refractivity contribution >= 4 is 5.91 Å². The number of aromatic nitrogens is 3. The van der Waals surface area contributed by atoms with Gasteiger partial charge in [0.25, 0.3) is 0 Å². The van der Waals surface area contributed by atoms with Crippen molar-refractivity contribution in [1.29, 1.82) is 0 Å². The topological polar surface area (TPSA) is 59.8 Å². The number of carbonyl (C=O) groups is 1. The maximum absolute atomic E-state index is 11.4. The number of amides is 1. The Morgan fingerprint density at radius 3 is 2.82 bits per heavy atom. The van der Waals surface area contributed by atoms with Crippen LogP contribution in [0.4, 0.5) is 0 Å².